The van der Waals surface area contributed by atoms with Gasteiger partial charge in [-0.3, -0.25) is 0 Å². The zero-order valence-electron chi connectivity index (χ0n) is 28.3. The highest BCUT2D eigenvalue weighted by Gasteiger charge is 2.40. The number of nitrogens with zero attached hydrogens (tertiary/aromatic N) is 3. The molecule has 0 aliphatic carbocycles. The molecule has 1 N–H and O–H groups in total. The number of ether oxygens (including phenoxy) is 2. The Morgan fingerprint density at radius 3 is 1.75 bits per heavy atom. The second-order valence-electron chi connectivity index (χ2n) is 13.7. The second-order valence-corrected chi connectivity index (χ2v) is 13.7. The van der Waals surface area contributed by atoms with Gasteiger partial charge in [0.1, 0.15) is 13.2 Å². The van der Waals surface area contributed by atoms with E-state index >= 15 is 0 Å². The van der Waals surface area contributed by atoms with Crippen molar-refractivity contribution in [3.63, 3.8) is 0 Å². The third kappa shape index (κ3) is 9.38. The van der Waals surface area contributed by atoms with Crippen molar-refractivity contribution >= 4 is 12.2 Å². The minimum absolute atomic E-state index is 0.152. The molecule has 7 rings (SSSR count). The monoisotopic (exact) mass is 652 g/mol. The van der Waals surface area contributed by atoms with Crippen molar-refractivity contribution in [2.75, 3.05) is 45.8 Å². The van der Waals surface area contributed by atoms with Crippen molar-refractivity contribution in [2.24, 2.45) is 11.8 Å². The van der Waals surface area contributed by atoms with E-state index in [9.17, 15) is 9.59 Å². The van der Waals surface area contributed by atoms with E-state index in [4.69, 9.17) is 9.47 Å². The van der Waals surface area contributed by atoms with E-state index in [0.717, 1.165) is 76.2 Å². The third-order valence-electron chi connectivity index (χ3n) is 10.6. The fourth-order valence-electron chi connectivity index (χ4n) is 7.90. The highest BCUT2D eigenvalue weighted by molar-refractivity contribution is 5.69. The van der Waals surface area contributed by atoms with E-state index in [1.54, 1.807) is 0 Å². The number of nitrogens with one attached hydrogen (secondary N) is 1. The molecule has 2 amide bonds. The summed E-state index contributed by atoms with van der Waals surface area (Å²) in [4.78, 5) is 31.5. The van der Waals surface area contributed by atoms with E-state index in [1.165, 1.54) is 31.2 Å². The van der Waals surface area contributed by atoms with Crippen LogP contribution in [0.5, 0.6) is 0 Å². The first-order valence-corrected chi connectivity index (χ1v) is 18.1. The molecule has 4 atom stereocenters. The van der Waals surface area contributed by atoms with Crippen molar-refractivity contribution in [3.05, 3.63) is 108 Å². The Morgan fingerprint density at radius 1 is 0.625 bits per heavy atom. The summed E-state index contributed by atoms with van der Waals surface area (Å²) in [6.07, 6.45) is 7.86. The van der Waals surface area contributed by atoms with Crippen LogP contribution in [0.3, 0.4) is 0 Å². The molecule has 0 unspecified atom stereocenters. The number of amides is 2. The van der Waals surface area contributed by atoms with E-state index in [0.29, 0.717) is 37.1 Å². The molecule has 4 heterocycles. The first-order valence-electron chi connectivity index (χ1n) is 18.1. The van der Waals surface area contributed by atoms with Crippen LogP contribution < -0.4 is 5.32 Å². The van der Waals surface area contributed by atoms with Gasteiger partial charge >= 0.3 is 12.2 Å². The van der Waals surface area contributed by atoms with Crippen LogP contribution in [0.4, 0.5) is 9.59 Å². The summed E-state index contributed by atoms with van der Waals surface area (Å²) in [5.74, 6) is 1.26. The molecule has 4 fully saturated rings. The molecule has 8 heteroatoms. The van der Waals surface area contributed by atoms with Gasteiger partial charge in [0.2, 0.25) is 0 Å². The molecule has 8 nitrogen and oxygen atoms in total. The van der Waals surface area contributed by atoms with Crippen molar-refractivity contribution in [3.8, 4) is 0 Å². The first kappa shape index (κ1) is 34.0. The SMILES string of the molecule is O=C(OCc1ccccc1)N1CC[C@H]2CCCN(CCc3ccccc3)C[C@H]21.O=C(OCc1ccccc1)N1CC[C@H]2CCCNC[C@H]21. The Balaban J connectivity index is 0.000000177. The van der Waals surface area contributed by atoms with Crippen LogP contribution in [0.25, 0.3) is 0 Å². The number of carbonyl (C=O) groups is 2. The third-order valence-corrected chi connectivity index (χ3v) is 10.6. The summed E-state index contributed by atoms with van der Waals surface area (Å²) in [5, 5.41) is 3.43. The normalized spacial score (nSPS) is 23.9. The lowest BCUT2D eigenvalue weighted by Crippen LogP contribution is -2.45. The lowest BCUT2D eigenvalue weighted by Gasteiger charge is -2.30. The highest BCUT2D eigenvalue weighted by atomic mass is 16.6. The fourth-order valence-corrected chi connectivity index (χ4v) is 7.90. The van der Waals surface area contributed by atoms with Gasteiger partial charge in [-0.2, -0.15) is 0 Å². The van der Waals surface area contributed by atoms with Crippen molar-refractivity contribution < 1.29 is 19.1 Å². The van der Waals surface area contributed by atoms with Gasteiger partial charge in [-0.05, 0) is 86.6 Å². The maximum atomic E-state index is 12.8. The summed E-state index contributed by atoms with van der Waals surface area (Å²) < 4.78 is 11.1. The Kier molecular flexibility index (Phi) is 12.4. The molecule has 0 spiro atoms. The molecule has 4 aliphatic heterocycles. The minimum atomic E-state index is -0.162. The number of rotatable bonds is 7. The summed E-state index contributed by atoms with van der Waals surface area (Å²) in [6, 6.07) is 31.1. The van der Waals surface area contributed by atoms with Crippen LogP contribution in [-0.4, -0.2) is 84.8 Å². The molecule has 4 saturated heterocycles. The Morgan fingerprint density at radius 2 is 1.15 bits per heavy atom. The smallest absolute Gasteiger partial charge is 0.410 e. The molecule has 0 saturated carbocycles. The standard InChI is InChI=1S/C24H30N2O2.C16H22N2O2/c27-24(28-19-21-10-5-2-6-11-21)26-17-14-22-12-7-15-25(18-23(22)26)16-13-20-8-3-1-4-9-20;19-16(20-12-13-5-2-1-3-6-13)18-10-8-14-7-4-9-17-11-15(14)18/h1-6,8-11,22-23H,7,12-19H2;1-3,5-6,14-15,17H,4,7-12H2/t22-,23-;14-,15-/m11/s1. The van der Waals surface area contributed by atoms with Crippen LogP contribution in [0.1, 0.15) is 55.2 Å². The topological polar surface area (TPSA) is 74.3 Å². The van der Waals surface area contributed by atoms with Gasteiger partial charge in [0.25, 0.3) is 0 Å². The second kappa shape index (κ2) is 17.5. The average molecular weight is 653 g/mol. The largest absolute Gasteiger partial charge is 0.445 e. The predicted molar refractivity (Wildman–Crippen MR) is 188 cm³/mol. The van der Waals surface area contributed by atoms with E-state index in [2.05, 4.69) is 40.5 Å². The number of hydrogen-bond acceptors (Lipinski definition) is 6. The molecule has 3 aromatic rings. The number of likely N-dealkylation sites (tertiary alicyclic amines) is 3. The van der Waals surface area contributed by atoms with Crippen LogP contribution in [-0.2, 0) is 29.1 Å². The number of hydrogen-bond donors (Lipinski definition) is 1. The van der Waals surface area contributed by atoms with E-state index < -0.39 is 0 Å². The fraction of sp³-hybridized carbons (Fsp3) is 0.500. The maximum Gasteiger partial charge on any atom is 0.410 e. The van der Waals surface area contributed by atoms with Gasteiger partial charge < -0.3 is 29.5 Å². The van der Waals surface area contributed by atoms with Crippen LogP contribution >= 0.6 is 0 Å². The van der Waals surface area contributed by atoms with Gasteiger partial charge in [-0.25, -0.2) is 9.59 Å². The summed E-state index contributed by atoms with van der Waals surface area (Å²) >= 11 is 0. The Hall–Kier alpha value is -3.88. The predicted octanol–water partition coefficient (Wildman–Crippen LogP) is 6.75. The summed E-state index contributed by atoms with van der Waals surface area (Å²) in [5.41, 5.74) is 3.46. The van der Waals surface area contributed by atoms with Gasteiger partial charge in [-0.1, -0.05) is 91.0 Å². The van der Waals surface area contributed by atoms with E-state index in [-0.39, 0.29) is 12.2 Å². The molecule has 4 aliphatic rings. The number of benzene rings is 3. The lowest BCUT2D eigenvalue weighted by molar-refractivity contribution is 0.0816. The van der Waals surface area contributed by atoms with Gasteiger partial charge in [0.05, 0.1) is 12.1 Å². The molecular formula is C40H52N4O4. The molecule has 0 bridgehead atoms. The quantitative estimate of drug-likeness (QED) is 0.305. The zero-order valence-corrected chi connectivity index (χ0v) is 28.3. The number of fused-ring (bicyclic) bond motifs is 2. The van der Waals surface area contributed by atoms with Crippen molar-refractivity contribution in [2.45, 2.75) is 70.2 Å². The van der Waals surface area contributed by atoms with E-state index in [1.807, 2.05) is 70.5 Å². The zero-order chi connectivity index (χ0) is 33.0. The molecule has 256 valence electrons. The van der Waals surface area contributed by atoms with Gasteiger partial charge in [-0.15, -0.1) is 0 Å². The van der Waals surface area contributed by atoms with Crippen LogP contribution in [0.15, 0.2) is 91.0 Å². The summed E-state index contributed by atoms with van der Waals surface area (Å²) in [6.45, 7) is 7.52. The molecular weight excluding hydrogens is 600 g/mol. The van der Waals surface area contributed by atoms with Gasteiger partial charge in [0.15, 0.2) is 0 Å². The molecule has 48 heavy (non-hydrogen) atoms. The Labute approximate surface area is 286 Å². The van der Waals surface area contributed by atoms with Crippen molar-refractivity contribution in [1.82, 2.24) is 20.0 Å². The first-order chi connectivity index (χ1) is 23.6. The van der Waals surface area contributed by atoms with Gasteiger partial charge in [0, 0.05) is 32.7 Å². The molecule has 3 aromatic carbocycles. The Bertz CT molecular complexity index is 1410. The van der Waals surface area contributed by atoms with Crippen molar-refractivity contribution in [1.29, 1.82) is 0 Å². The van der Waals surface area contributed by atoms with Crippen LogP contribution in [0, 0.1) is 11.8 Å². The average Bonchev–Trinajstić information content (AvgIpc) is 3.57. The minimum Gasteiger partial charge on any atom is -0.445 e. The summed E-state index contributed by atoms with van der Waals surface area (Å²) in [7, 11) is 0. The molecule has 0 radical (unpaired) electrons. The maximum absolute atomic E-state index is 12.8. The highest BCUT2D eigenvalue weighted by Crippen LogP contribution is 2.32. The number of carbonyl (C=O) groups excluding carboxylic acids is 2. The lowest BCUT2D eigenvalue weighted by atomic mass is 9.96. The molecule has 0 aromatic heterocycles. The van der Waals surface area contributed by atoms with Crippen LogP contribution in [0.2, 0.25) is 0 Å².